The maximum absolute atomic E-state index is 12.9. The SMILES string of the molecule is CCC1CCN(c2ccc(C#N)c(C(F)(F)F)c2)C1. The van der Waals surface area contributed by atoms with Crippen molar-refractivity contribution in [3.05, 3.63) is 29.3 Å². The summed E-state index contributed by atoms with van der Waals surface area (Å²) in [6.45, 7) is 3.66. The van der Waals surface area contributed by atoms with Gasteiger partial charge in [-0.3, -0.25) is 0 Å². The van der Waals surface area contributed by atoms with E-state index in [1.165, 1.54) is 6.07 Å². The van der Waals surface area contributed by atoms with Crippen molar-refractivity contribution in [3.63, 3.8) is 0 Å². The molecule has 102 valence electrons. The Morgan fingerprint density at radius 3 is 2.68 bits per heavy atom. The maximum Gasteiger partial charge on any atom is 0.417 e. The van der Waals surface area contributed by atoms with Crippen molar-refractivity contribution in [2.75, 3.05) is 18.0 Å². The fourth-order valence-corrected chi connectivity index (χ4v) is 2.46. The van der Waals surface area contributed by atoms with Gasteiger partial charge in [0, 0.05) is 18.8 Å². The largest absolute Gasteiger partial charge is 0.417 e. The average molecular weight is 268 g/mol. The van der Waals surface area contributed by atoms with Crippen molar-refractivity contribution in [1.82, 2.24) is 0 Å². The normalized spacial score (nSPS) is 19.5. The van der Waals surface area contributed by atoms with E-state index in [4.69, 9.17) is 5.26 Å². The standard InChI is InChI=1S/C14H15F3N2/c1-2-10-5-6-19(9-10)12-4-3-11(8-18)13(7-12)14(15,16)17/h3-4,7,10H,2,5-6,9H2,1H3. The minimum Gasteiger partial charge on any atom is -0.371 e. The van der Waals surface area contributed by atoms with Crippen molar-refractivity contribution in [2.24, 2.45) is 5.92 Å². The predicted molar refractivity (Wildman–Crippen MR) is 66.8 cm³/mol. The van der Waals surface area contributed by atoms with Gasteiger partial charge in [0.05, 0.1) is 17.2 Å². The van der Waals surface area contributed by atoms with Crippen LogP contribution in [-0.4, -0.2) is 13.1 Å². The molecule has 0 saturated carbocycles. The lowest BCUT2D eigenvalue weighted by molar-refractivity contribution is -0.137. The number of rotatable bonds is 2. The first-order valence-corrected chi connectivity index (χ1v) is 6.32. The van der Waals surface area contributed by atoms with Crippen LogP contribution in [0.4, 0.5) is 18.9 Å². The van der Waals surface area contributed by atoms with Crippen LogP contribution in [0.5, 0.6) is 0 Å². The van der Waals surface area contributed by atoms with Crippen LogP contribution in [0, 0.1) is 17.2 Å². The molecule has 1 atom stereocenters. The van der Waals surface area contributed by atoms with Crippen LogP contribution >= 0.6 is 0 Å². The first-order chi connectivity index (χ1) is 8.95. The second kappa shape index (κ2) is 5.12. The van der Waals surface area contributed by atoms with E-state index in [0.717, 1.165) is 32.0 Å². The van der Waals surface area contributed by atoms with E-state index >= 15 is 0 Å². The topological polar surface area (TPSA) is 27.0 Å². The second-order valence-corrected chi connectivity index (χ2v) is 4.85. The van der Waals surface area contributed by atoms with Crippen molar-refractivity contribution in [2.45, 2.75) is 25.9 Å². The molecule has 1 aliphatic heterocycles. The van der Waals surface area contributed by atoms with Gasteiger partial charge in [0.25, 0.3) is 0 Å². The number of hydrogen-bond acceptors (Lipinski definition) is 2. The Morgan fingerprint density at radius 1 is 1.42 bits per heavy atom. The zero-order valence-corrected chi connectivity index (χ0v) is 10.7. The van der Waals surface area contributed by atoms with E-state index in [9.17, 15) is 13.2 Å². The van der Waals surface area contributed by atoms with Gasteiger partial charge in [-0.1, -0.05) is 13.3 Å². The number of benzene rings is 1. The van der Waals surface area contributed by atoms with Gasteiger partial charge >= 0.3 is 6.18 Å². The fraction of sp³-hybridized carbons (Fsp3) is 0.500. The van der Waals surface area contributed by atoms with E-state index in [0.29, 0.717) is 11.6 Å². The van der Waals surface area contributed by atoms with Gasteiger partial charge in [0.2, 0.25) is 0 Å². The summed E-state index contributed by atoms with van der Waals surface area (Å²) >= 11 is 0. The van der Waals surface area contributed by atoms with Gasteiger partial charge in [-0.05, 0) is 30.5 Å². The molecule has 0 radical (unpaired) electrons. The van der Waals surface area contributed by atoms with Crippen LogP contribution in [-0.2, 0) is 6.18 Å². The lowest BCUT2D eigenvalue weighted by atomic mass is 10.1. The Morgan fingerprint density at radius 2 is 2.16 bits per heavy atom. The maximum atomic E-state index is 12.9. The highest BCUT2D eigenvalue weighted by Crippen LogP contribution is 2.35. The highest BCUT2D eigenvalue weighted by molar-refractivity contribution is 5.55. The van der Waals surface area contributed by atoms with Gasteiger partial charge in [-0.2, -0.15) is 18.4 Å². The summed E-state index contributed by atoms with van der Waals surface area (Å²) < 4.78 is 38.6. The van der Waals surface area contributed by atoms with Gasteiger partial charge in [0.15, 0.2) is 0 Å². The van der Waals surface area contributed by atoms with Gasteiger partial charge in [-0.15, -0.1) is 0 Å². The lowest BCUT2D eigenvalue weighted by Gasteiger charge is -2.20. The molecule has 1 unspecified atom stereocenters. The van der Waals surface area contributed by atoms with Gasteiger partial charge < -0.3 is 4.90 Å². The van der Waals surface area contributed by atoms with Crippen molar-refractivity contribution >= 4 is 5.69 Å². The van der Waals surface area contributed by atoms with Gasteiger partial charge in [-0.25, -0.2) is 0 Å². The molecule has 1 aromatic carbocycles. The molecule has 2 rings (SSSR count). The quantitative estimate of drug-likeness (QED) is 0.815. The molecular formula is C14H15F3N2. The van der Waals surface area contributed by atoms with E-state index in [1.807, 2.05) is 4.90 Å². The van der Waals surface area contributed by atoms with Crippen LogP contribution in [0.1, 0.15) is 30.9 Å². The number of anilines is 1. The summed E-state index contributed by atoms with van der Waals surface area (Å²) in [4.78, 5) is 1.96. The molecule has 1 saturated heterocycles. The summed E-state index contributed by atoms with van der Waals surface area (Å²) in [5.41, 5.74) is -0.600. The Balaban J connectivity index is 2.32. The molecule has 1 aromatic rings. The fourth-order valence-electron chi connectivity index (χ4n) is 2.46. The molecule has 0 bridgehead atoms. The van der Waals surface area contributed by atoms with Crippen LogP contribution in [0.3, 0.4) is 0 Å². The molecule has 1 heterocycles. The average Bonchev–Trinajstić information content (AvgIpc) is 2.85. The number of nitrogens with zero attached hydrogens (tertiary/aromatic N) is 2. The Kier molecular flexibility index (Phi) is 3.70. The molecule has 5 heteroatoms. The lowest BCUT2D eigenvalue weighted by Crippen LogP contribution is -2.20. The van der Waals surface area contributed by atoms with Crippen LogP contribution in [0.25, 0.3) is 0 Å². The van der Waals surface area contributed by atoms with E-state index in [2.05, 4.69) is 6.92 Å². The Labute approximate surface area is 110 Å². The van der Waals surface area contributed by atoms with Crippen molar-refractivity contribution < 1.29 is 13.2 Å². The number of hydrogen-bond donors (Lipinski definition) is 0. The van der Waals surface area contributed by atoms with Crippen LogP contribution < -0.4 is 4.90 Å². The van der Waals surface area contributed by atoms with E-state index in [1.54, 1.807) is 12.1 Å². The first kappa shape index (κ1) is 13.7. The van der Waals surface area contributed by atoms with Crippen LogP contribution in [0.15, 0.2) is 18.2 Å². The first-order valence-electron chi connectivity index (χ1n) is 6.32. The summed E-state index contributed by atoms with van der Waals surface area (Å²) in [5, 5.41) is 8.75. The Bertz CT molecular complexity index is 502. The summed E-state index contributed by atoms with van der Waals surface area (Å²) in [5.74, 6) is 0.546. The van der Waals surface area contributed by atoms with Crippen molar-refractivity contribution in [1.29, 1.82) is 5.26 Å². The summed E-state index contributed by atoms with van der Waals surface area (Å²) in [6, 6.07) is 5.56. The molecule has 0 amide bonds. The minimum absolute atomic E-state index is 0.317. The molecule has 0 aliphatic carbocycles. The molecule has 1 aliphatic rings. The second-order valence-electron chi connectivity index (χ2n) is 4.85. The molecule has 19 heavy (non-hydrogen) atoms. The molecule has 2 nitrogen and oxygen atoms in total. The summed E-state index contributed by atoms with van der Waals surface area (Å²) in [6.07, 6.45) is -2.43. The minimum atomic E-state index is -4.48. The van der Waals surface area contributed by atoms with Crippen molar-refractivity contribution in [3.8, 4) is 6.07 Å². The third-order valence-corrected chi connectivity index (χ3v) is 3.66. The molecule has 0 spiro atoms. The van der Waals surface area contributed by atoms with E-state index in [-0.39, 0.29) is 5.56 Å². The van der Waals surface area contributed by atoms with Gasteiger partial charge in [0.1, 0.15) is 0 Å². The Hall–Kier alpha value is -1.70. The highest BCUT2D eigenvalue weighted by atomic mass is 19.4. The molecule has 0 N–H and O–H groups in total. The number of halogens is 3. The van der Waals surface area contributed by atoms with E-state index < -0.39 is 11.7 Å². The third-order valence-electron chi connectivity index (χ3n) is 3.66. The molecule has 0 aromatic heterocycles. The smallest absolute Gasteiger partial charge is 0.371 e. The third kappa shape index (κ3) is 2.83. The zero-order chi connectivity index (χ0) is 14.0. The van der Waals surface area contributed by atoms with Crippen LogP contribution in [0.2, 0.25) is 0 Å². The highest BCUT2D eigenvalue weighted by Gasteiger charge is 2.34. The number of alkyl halides is 3. The molecular weight excluding hydrogens is 253 g/mol. The summed E-state index contributed by atoms with van der Waals surface area (Å²) in [7, 11) is 0. The number of nitriles is 1. The monoisotopic (exact) mass is 268 g/mol. The molecule has 1 fully saturated rings. The zero-order valence-electron chi connectivity index (χ0n) is 10.7. The predicted octanol–water partition coefficient (Wildman–Crippen LogP) is 3.81.